The van der Waals surface area contributed by atoms with Crippen molar-refractivity contribution < 1.29 is 4.43 Å². The summed E-state index contributed by atoms with van der Waals surface area (Å²) in [6.45, 7) is 17.7. The van der Waals surface area contributed by atoms with Crippen LogP contribution in [0.2, 0.25) is 19.6 Å². The van der Waals surface area contributed by atoms with Crippen LogP contribution in [0.25, 0.3) is 4.85 Å². The van der Waals surface area contributed by atoms with Gasteiger partial charge in [-0.1, -0.05) is 19.8 Å². The van der Waals surface area contributed by atoms with Crippen molar-refractivity contribution >= 4 is 8.32 Å². The zero-order valence-electron chi connectivity index (χ0n) is 10.2. The molecule has 0 aromatic rings. The van der Waals surface area contributed by atoms with Gasteiger partial charge >= 0.3 is 5.72 Å². The fourth-order valence-corrected chi connectivity index (χ4v) is 2.96. The molecule has 0 saturated heterocycles. The molecular weight excluding hydrogens is 190 g/mol. The lowest BCUT2D eigenvalue weighted by Crippen LogP contribution is -2.38. The first-order valence-electron chi connectivity index (χ1n) is 5.42. The molecule has 0 saturated carbocycles. The number of rotatable bonds is 6. The maximum absolute atomic E-state index is 7.19. The number of nitrogens with zero attached hydrogens (tertiary/aromatic N) is 1. The Kier molecular flexibility index (Phi) is 5.39. The van der Waals surface area contributed by atoms with E-state index in [4.69, 9.17) is 11.0 Å². The summed E-state index contributed by atoms with van der Waals surface area (Å²) in [5, 5.41) is 0. The topological polar surface area (TPSA) is 13.6 Å². The molecule has 0 amide bonds. The van der Waals surface area contributed by atoms with Gasteiger partial charge in [-0.3, -0.25) is 4.85 Å². The Labute approximate surface area is 89.6 Å². The molecule has 1 atom stereocenters. The molecule has 0 aliphatic carbocycles. The van der Waals surface area contributed by atoms with Crippen LogP contribution in [0.5, 0.6) is 0 Å². The van der Waals surface area contributed by atoms with Gasteiger partial charge in [0.1, 0.15) is 0 Å². The van der Waals surface area contributed by atoms with E-state index < -0.39 is 14.0 Å². The third-order valence-corrected chi connectivity index (χ3v) is 3.06. The molecule has 0 spiro atoms. The molecule has 0 aromatic carbocycles. The first kappa shape index (κ1) is 13.7. The van der Waals surface area contributed by atoms with Crippen molar-refractivity contribution in [1.82, 2.24) is 0 Å². The van der Waals surface area contributed by atoms with Crippen molar-refractivity contribution in [2.45, 2.75) is 64.9 Å². The average Bonchev–Trinajstić information content (AvgIpc) is 2.02. The summed E-state index contributed by atoms with van der Waals surface area (Å²) in [4.78, 5) is 3.64. The molecule has 0 N–H and O–H groups in total. The van der Waals surface area contributed by atoms with Crippen molar-refractivity contribution in [3.05, 3.63) is 11.4 Å². The Morgan fingerprint density at radius 1 is 1.29 bits per heavy atom. The highest BCUT2D eigenvalue weighted by Gasteiger charge is 2.36. The van der Waals surface area contributed by atoms with Crippen molar-refractivity contribution in [1.29, 1.82) is 0 Å². The van der Waals surface area contributed by atoms with Gasteiger partial charge in [0.2, 0.25) is 0 Å². The molecule has 0 heterocycles. The smallest absolute Gasteiger partial charge is 0.325 e. The number of hydrogen-bond acceptors (Lipinski definition) is 1. The summed E-state index contributed by atoms with van der Waals surface area (Å²) in [6, 6.07) is 0. The summed E-state index contributed by atoms with van der Waals surface area (Å²) >= 11 is 0. The highest BCUT2D eigenvalue weighted by molar-refractivity contribution is 6.69. The maximum atomic E-state index is 7.19. The lowest BCUT2D eigenvalue weighted by molar-refractivity contribution is 0.116. The lowest BCUT2D eigenvalue weighted by atomic mass is 10.1. The normalized spacial score (nSPS) is 16.0. The minimum Gasteiger partial charge on any atom is -0.351 e. The van der Waals surface area contributed by atoms with Gasteiger partial charge < -0.3 is 4.43 Å². The standard InChI is InChI=1S/C11H23NOSi/c1-7-8-9-10-11(2,12-3)13-14(4,5)6/h7-10H2,1-2,4-6H3. The summed E-state index contributed by atoms with van der Waals surface area (Å²) < 4.78 is 5.91. The first-order valence-corrected chi connectivity index (χ1v) is 8.82. The molecule has 0 aromatic heterocycles. The Morgan fingerprint density at radius 2 is 1.86 bits per heavy atom. The zero-order valence-corrected chi connectivity index (χ0v) is 11.2. The Morgan fingerprint density at radius 3 is 2.21 bits per heavy atom. The van der Waals surface area contributed by atoms with Gasteiger partial charge in [-0.2, -0.15) is 0 Å². The third-order valence-electron chi connectivity index (χ3n) is 2.01. The quantitative estimate of drug-likeness (QED) is 0.368. The third kappa shape index (κ3) is 6.17. The lowest BCUT2D eigenvalue weighted by Gasteiger charge is -2.26. The van der Waals surface area contributed by atoms with E-state index in [1.165, 1.54) is 12.8 Å². The highest BCUT2D eigenvalue weighted by Crippen LogP contribution is 2.25. The van der Waals surface area contributed by atoms with E-state index in [0.717, 1.165) is 12.8 Å². The van der Waals surface area contributed by atoms with E-state index in [1.807, 2.05) is 6.92 Å². The van der Waals surface area contributed by atoms with E-state index in [-0.39, 0.29) is 0 Å². The van der Waals surface area contributed by atoms with E-state index in [1.54, 1.807) is 0 Å². The van der Waals surface area contributed by atoms with Gasteiger partial charge in [-0.15, -0.1) is 0 Å². The van der Waals surface area contributed by atoms with Gasteiger partial charge in [-0.25, -0.2) is 6.57 Å². The minimum atomic E-state index is -1.59. The second-order valence-electron chi connectivity index (χ2n) is 4.96. The van der Waals surface area contributed by atoms with Crippen LogP contribution in [0.3, 0.4) is 0 Å². The molecule has 0 aliphatic heterocycles. The predicted molar refractivity (Wildman–Crippen MR) is 63.6 cm³/mol. The zero-order chi connectivity index (χ0) is 11.2. The van der Waals surface area contributed by atoms with Crippen LogP contribution in [0.15, 0.2) is 0 Å². The van der Waals surface area contributed by atoms with Crippen LogP contribution in [0.1, 0.15) is 39.5 Å². The molecule has 0 bridgehead atoms. The monoisotopic (exact) mass is 213 g/mol. The molecule has 3 heteroatoms. The summed E-state index contributed by atoms with van der Waals surface area (Å²) in [5.41, 5.74) is -0.570. The van der Waals surface area contributed by atoms with Gasteiger partial charge in [0, 0.05) is 6.92 Å². The molecule has 14 heavy (non-hydrogen) atoms. The first-order chi connectivity index (χ1) is 6.33. The van der Waals surface area contributed by atoms with Crippen LogP contribution >= 0.6 is 0 Å². The second kappa shape index (κ2) is 5.52. The van der Waals surface area contributed by atoms with E-state index in [0.29, 0.717) is 0 Å². The van der Waals surface area contributed by atoms with Gasteiger partial charge in [0.25, 0.3) is 0 Å². The Hall–Kier alpha value is -0.333. The largest absolute Gasteiger partial charge is 0.351 e. The van der Waals surface area contributed by atoms with Crippen LogP contribution in [-0.2, 0) is 4.43 Å². The summed E-state index contributed by atoms with van der Waals surface area (Å²) in [5.74, 6) is 0. The predicted octanol–water partition coefficient (Wildman–Crippen LogP) is 4.05. The Balaban J connectivity index is 4.14. The van der Waals surface area contributed by atoms with E-state index >= 15 is 0 Å². The van der Waals surface area contributed by atoms with E-state index in [9.17, 15) is 0 Å². The highest BCUT2D eigenvalue weighted by atomic mass is 28.4. The molecule has 0 radical (unpaired) electrons. The van der Waals surface area contributed by atoms with Gasteiger partial charge in [0.15, 0.2) is 8.32 Å². The molecule has 82 valence electrons. The maximum Gasteiger partial charge on any atom is 0.325 e. The van der Waals surface area contributed by atoms with Gasteiger partial charge in [0.05, 0.1) is 6.42 Å². The average molecular weight is 213 g/mol. The fraction of sp³-hybridized carbons (Fsp3) is 0.909. The van der Waals surface area contributed by atoms with Crippen LogP contribution in [0, 0.1) is 6.57 Å². The molecule has 0 fully saturated rings. The molecule has 0 rings (SSSR count). The Bertz CT molecular complexity index is 204. The molecule has 2 nitrogen and oxygen atoms in total. The summed E-state index contributed by atoms with van der Waals surface area (Å²) in [7, 11) is -1.59. The van der Waals surface area contributed by atoms with Gasteiger partial charge in [-0.05, 0) is 26.1 Å². The van der Waals surface area contributed by atoms with Crippen molar-refractivity contribution in [3.63, 3.8) is 0 Å². The molecule has 0 aliphatic rings. The second-order valence-corrected chi connectivity index (χ2v) is 9.39. The van der Waals surface area contributed by atoms with Crippen LogP contribution in [0.4, 0.5) is 0 Å². The van der Waals surface area contributed by atoms with Crippen LogP contribution in [-0.4, -0.2) is 14.0 Å². The van der Waals surface area contributed by atoms with Crippen molar-refractivity contribution in [2.24, 2.45) is 0 Å². The molecule has 1 unspecified atom stereocenters. The van der Waals surface area contributed by atoms with Crippen molar-refractivity contribution in [3.8, 4) is 0 Å². The van der Waals surface area contributed by atoms with Crippen molar-refractivity contribution in [2.75, 3.05) is 0 Å². The summed E-state index contributed by atoms with van der Waals surface area (Å²) in [6.07, 6.45) is 4.36. The van der Waals surface area contributed by atoms with E-state index in [2.05, 4.69) is 31.4 Å². The SMILES string of the molecule is [C-]#[N+]C(C)(CCCCC)O[Si](C)(C)C. The number of hydrogen-bond donors (Lipinski definition) is 0. The molecular formula is C11H23NOSi. The number of unbranched alkanes of at least 4 members (excludes halogenated alkanes) is 2. The fourth-order valence-electron chi connectivity index (χ4n) is 1.49. The van der Waals surface area contributed by atoms with Crippen LogP contribution < -0.4 is 0 Å². The minimum absolute atomic E-state index is 0.570.